The summed E-state index contributed by atoms with van der Waals surface area (Å²) in [5.74, 6) is 0. The van der Waals surface area contributed by atoms with Crippen molar-refractivity contribution in [2.75, 3.05) is 26.3 Å². The maximum atomic E-state index is 12.1. The van der Waals surface area contributed by atoms with E-state index in [-0.39, 0.29) is 11.5 Å². The maximum Gasteiger partial charge on any atom is 0.279 e. The number of nitrogens with zero attached hydrogens (tertiary/aromatic N) is 1. The molecule has 1 aliphatic heterocycles. The molecule has 2 fully saturated rings. The largest absolute Gasteiger partial charge is 0.379 e. The number of hydrogen-bond donors (Lipinski definition) is 1. The number of hydrogen-bond acceptors (Lipinski definition) is 3. The van der Waals surface area contributed by atoms with Crippen molar-refractivity contribution < 1.29 is 13.2 Å². The molecule has 100 valence electrons. The topological polar surface area (TPSA) is 58.6 Å². The Kier molecular flexibility index (Phi) is 3.77. The van der Waals surface area contributed by atoms with Crippen molar-refractivity contribution in [2.24, 2.45) is 5.41 Å². The molecule has 17 heavy (non-hydrogen) atoms. The molecule has 0 amide bonds. The summed E-state index contributed by atoms with van der Waals surface area (Å²) in [7, 11) is -3.31. The molecule has 1 aliphatic carbocycles. The Labute approximate surface area is 104 Å². The number of ether oxygens (including phenoxy) is 1. The van der Waals surface area contributed by atoms with Gasteiger partial charge >= 0.3 is 0 Å². The summed E-state index contributed by atoms with van der Waals surface area (Å²) in [5, 5.41) is 0. The number of rotatable bonds is 3. The fourth-order valence-corrected chi connectivity index (χ4v) is 4.01. The van der Waals surface area contributed by atoms with E-state index >= 15 is 0 Å². The molecule has 1 heterocycles. The van der Waals surface area contributed by atoms with Crippen molar-refractivity contribution in [3.8, 4) is 0 Å². The SMILES string of the molecule is CC1(C)CCC(NS(=O)(=O)N2CCOCC2)C1. The summed E-state index contributed by atoms with van der Waals surface area (Å²) >= 11 is 0. The second kappa shape index (κ2) is 4.84. The van der Waals surface area contributed by atoms with Crippen LogP contribution < -0.4 is 4.72 Å². The van der Waals surface area contributed by atoms with Crippen molar-refractivity contribution in [3.05, 3.63) is 0 Å². The van der Waals surface area contributed by atoms with Crippen molar-refractivity contribution in [2.45, 2.75) is 39.2 Å². The van der Waals surface area contributed by atoms with Gasteiger partial charge in [0.25, 0.3) is 10.2 Å². The quantitative estimate of drug-likeness (QED) is 0.816. The highest BCUT2D eigenvalue weighted by Crippen LogP contribution is 2.37. The van der Waals surface area contributed by atoms with Gasteiger partial charge in [0, 0.05) is 19.1 Å². The van der Waals surface area contributed by atoms with Gasteiger partial charge in [0.05, 0.1) is 13.2 Å². The van der Waals surface area contributed by atoms with Gasteiger partial charge in [-0.1, -0.05) is 13.8 Å². The van der Waals surface area contributed by atoms with Crippen LogP contribution in [0.25, 0.3) is 0 Å². The zero-order chi connectivity index (χ0) is 12.5. The first-order chi connectivity index (χ1) is 7.89. The molecular weight excluding hydrogens is 240 g/mol. The zero-order valence-electron chi connectivity index (χ0n) is 10.6. The second-order valence-corrected chi connectivity index (χ2v) is 7.44. The summed E-state index contributed by atoms with van der Waals surface area (Å²) in [6.45, 7) is 6.30. The first-order valence-electron chi connectivity index (χ1n) is 6.24. The molecule has 0 aromatic rings. The van der Waals surface area contributed by atoms with Crippen molar-refractivity contribution in [1.82, 2.24) is 9.03 Å². The Bertz CT molecular complexity index is 361. The third-order valence-electron chi connectivity index (χ3n) is 3.59. The smallest absolute Gasteiger partial charge is 0.279 e. The van der Waals surface area contributed by atoms with Gasteiger partial charge in [-0.25, -0.2) is 0 Å². The predicted octanol–water partition coefficient (Wildman–Crippen LogP) is 0.732. The van der Waals surface area contributed by atoms with Gasteiger partial charge in [-0.05, 0) is 24.7 Å². The van der Waals surface area contributed by atoms with E-state index in [0.717, 1.165) is 19.3 Å². The lowest BCUT2D eigenvalue weighted by Gasteiger charge is -2.28. The van der Waals surface area contributed by atoms with Gasteiger partial charge in [0.2, 0.25) is 0 Å². The third kappa shape index (κ3) is 3.40. The van der Waals surface area contributed by atoms with Gasteiger partial charge in [-0.3, -0.25) is 0 Å². The van der Waals surface area contributed by atoms with E-state index in [1.54, 1.807) is 0 Å². The second-order valence-electron chi connectivity index (χ2n) is 5.74. The summed E-state index contributed by atoms with van der Waals surface area (Å²) in [5.41, 5.74) is 0.262. The highest BCUT2D eigenvalue weighted by atomic mass is 32.2. The van der Waals surface area contributed by atoms with E-state index in [4.69, 9.17) is 4.74 Å². The van der Waals surface area contributed by atoms with Crippen LogP contribution in [-0.2, 0) is 14.9 Å². The minimum Gasteiger partial charge on any atom is -0.379 e. The molecule has 0 spiro atoms. The van der Waals surface area contributed by atoms with Gasteiger partial charge in [0.15, 0.2) is 0 Å². The Balaban J connectivity index is 1.93. The van der Waals surface area contributed by atoms with Crippen LogP contribution in [0.3, 0.4) is 0 Å². The molecule has 2 aliphatic rings. The molecule has 1 saturated carbocycles. The van der Waals surface area contributed by atoms with Gasteiger partial charge in [-0.15, -0.1) is 0 Å². The molecule has 0 radical (unpaired) electrons. The van der Waals surface area contributed by atoms with Gasteiger partial charge in [0.1, 0.15) is 0 Å². The highest BCUT2D eigenvalue weighted by molar-refractivity contribution is 7.87. The first-order valence-corrected chi connectivity index (χ1v) is 7.68. The average molecular weight is 262 g/mol. The number of nitrogens with one attached hydrogen (secondary N) is 1. The van der Waals surface area contributed by atoms with Crippen LogP contribution >= 0.6 is 0 Å². The molecule has 1 N–H and O–H groups in total. The van der Waals surface area contributed by atoms with Crippen LogP contribution in [0.5, 0.6) is 0 Å². The van der Waals surface area contributed by atoms with E-state index in [9.17, 15) is 8.42 Å². The normalized spacial score (nSPS) is 30.6. The molecule has 1 atom stereocenters. The van der Waals surface area contributed by atoms with Crippen LogP contribution in [0.15, 0.2) is 0 Å². The van der Waals surface area contributed by atoms with Crippen LogP contribution in [0.4, 0.5) is 0 Å². The van der Waals surface area contributed by atoms with E-state index in [0.29, 0.717) is 26.3 Å². The lowest BCUT2D eigenvalue weighted by Crippen LogP contribution is -2.49. The molecule has 1 unspecified atom stereocenters. The fraction of sp³-hybridized carbons (Fsp3) is 1.00. The monoisotopic (exact) mass is 262 g/mol. The van der Waals surface area contributed by atoms with E-state index in [1.807, 2.05) is 0 Å². The van der Waals surface area contributed by atoms with E-state index in [1.165, 1.54) is 4.31 Å². The number of morpholine rings is 1. The minimum absolute atomic E-state index is 0.0952. The standard InChI is InChI=1S/C11H22N2O3S/c1-11(2)4-3-10(9-11)12-17(14,15)13-5-7-16-8-6-13/h10,12H,3-9H2,1-2H3. The van der Waals surface area contributed by atoms with Crippen LogP contribution in [0.2, 0.25) is 0 Å². The molecule has 0 aromatic heterocycles. The summed E-state index contributed by atoms with van der Waals surface area (Å²) < 4.78 is 33.7. The Hall–Kier alpha value is -0.170. The molecular formula is C11H22N2O3S. The maximum absolute atomic E-state index is 12.1. The third-order valence-corrected chi connectivity index (χ3v) is 5.27. The summed E-state index contributed by atoms with van der Waals surface area (Å²) in [6.07, 6.45) is 2.95. The highest BCUT2D eigenvalue weighted by Gasteiger charge is 2.35. The van der Waals surface area contributed by atoms with Gasteiger partial charge in [-0.2, -0.15) is 17.4 Å². The van der Waals surface area contributed by atoms with Gasteiger partial charge < -0.3 is 4.74 Å². The molecule has 0 aromatic carbocycles. The van der Waals surface area contributed by atoms with Crippen molar-refractivity contribution >= 4 is 10.2 Å². The summed E-state index contributed by atoms with van der Waals surface area (Å²) in [6, 6.07) is 0.0952. The fourth-order valence-electron chi connectivity index (χ4n) is 2.61. The lowest BCUT2D eigenvalue weighted by atomic mass is 9.92. The van der Waals surface area contributed by atoms with Crippen LogP contribution in [-0.4, -0.2) is 45.1 Å². The molecule has 5 nitrogen and oxygen atoms in total. The Morgan fingerprint density at radius 2 is 1.94 bits per heavy atom. The van der Waals surface area contributed by atoms with E-state index in [2.05, 4.69) is 18.6 Å². The van der Waals surface area contributed by atoms with E-state index < -0.39 is 10.2 Å². The Morgan fingerprint density at radius 1 is 1.29 bits per heavy atom. The lowest BCUT2D eigenvalue weighted by molar-refractivity contribution is 0.0723. The Morgan fingerprint density at radius 3 is 2.47 bits per heavy atom. The van der Waals surface area contributed by atoms with Crippen LogP contribution in [0, 0.1) is 5.41 Å². The van der Waals surface area contributed by atoms with Crippen molar-refractivity contribution in [3.63, 3.8) is 0 Å². The molecule has 2 rings (SSSR count). The molecule has 1 saturated heterocycles. The molecule has 6 heteroatoms. The zero-order valence-corrected chi connectivity index (χ0v) is 11.4. The van der Waals surface area contributed by atoms with Crippen LogP contribution in [0.1, 0.15) is 33.1 Å². The first kappa shape index (κ1) is 13.3. The molecule has 0 bridgehead atoms. The predicted molar refractivity (Wildman–Crippen MR) is 65.9 cm³/mol. The summed E-state index contributed by atoms with van der Waals surface area (Å²) in [4.78, 5) is 0. The minimum atomic E-state index is -3.31. The average Bonchev–Trinajstić information content (AvgIpc) is 2.58. The van der Waals surface area contributed by atoms with Crippen molar-refractivity contribution in [1.29, 1.82) is 0 Å².